The summed E-state index contributed by atoms with van der Waals surface area (Å²) in [5.41, 5.74) is 2.31. The zero-order chi connectivity index (χ0) is 31.2. The zero-order valence-corrected chi connectivity index (χ0v) is 26.0. The number of methoxy groups -OCH3 is 1. The molecule has 0 radical (unpaired) electrons. The van der Waals surface area contributed by atoms with E-state index in [2.05, 4.69) is 30.6 Å². The summed E-state index contributed by atoms with van der Waals surface area (Å²) < 4.78 is 18.9. The highest BCUT2D eigenvalue weighted by molar-refractivity contribution is 7.71. The van der Waals surface area contributed by atoms with E-state index in [9.17, 15) is 19.5 Å². The number of aromatic nitrogens is 4. The van der Waals surface area contributed by atoms with Gasteiger partial charge in [0.05, 0.1) is 40.4 Å². The van der Waals surface area contributed by atoms with Gasteiger partial charge in [0.2, 0.25) is 5.95 Å². The van der Waals surface area contributed by atoms with E-state index >= 15 is 0 Å². The number of nitrogens with zero attached hydrogens (tertiary/aromatic N) is 6. The number of hydrogen-bond acceptors (Lipinski definition) is 12. The number of benzene rings is 2. The Morgan fingerprint density at radius 3 is 2.45 bits per heavy atom. The van der Waals surface area contributed by atoms with Crippen molar-refractivity contribution in [2.75, 3.05) is 49.1 Å². The average Bonchev–Trinajstić information content (AvgIpc) is 2.97. The van der Waals surface area contributed by atoms with Crippen molar-refractivity contribution in [1.82, 2.24) is 19.9 Å². The fourth-order valence-electron chi connectivity index (χ4n) is 6.01. The highest BCUT2D eigenvalue weighted by atomic mass is 35.5. The van der Waals surface area contributed by atoms with Crippen LogP contribution in [0.5, 0.6) is 5.75 Å². The monoisotopic (exact) mass is 636 g/mol. The molecule has 2 N–H and O–H groups in total. The van der Waals surface area contributed by atoms with Crippen molar-refractivity contribution in [3.63, 3.8) is 0 Å². The minimum atomic E-state index is -2.84. The molecular formula is C29H30ClN8O5P. The lowest BCUT2D eigenvalue weighted by Crippen LogP contribution is -2.47. The maximum Gasteiger partial charge on any atom is 0.294 e. The van der Waals surface area contributed by atoms with Gasteiger partial charge in [-0.2, -0.15) is 4.98 Å². The summed E-state index contributed by atoms with van der Waals surface area (Å²) in [6.07, 6.45) is 7.31. The van der Waals surface area contributed by atoms with Crippen molar-refractivity contribution >= 4 is 75.4 Å². The van der Waals surface area contributed by atoms with E-state index < -0.39 is 12.1 Å². The van der Waals surface area contributed by atoms with E-state index in [4.69, 9.17) is 16.3 Å². The van der Waals surface area contributed by atoms with Crippen LogP contribution in [0.2, 0.25) is 5.02 Å². The number of carbonyl (C=O) groups is 1. The van der Waals surface area contributed by atoms with Gasteiger partial charge in [0.1, 0.15) is 34.9 Å². The standard InChI is InChI=1S/C29H30ClN8O5P/c1-43-24-13-22(37-10-6-29(7-11-37)14-17(39)15-29)23(38(40)41)12-21(24)35-28-33-16-18(30)27(36-28)34-20-5-4-19-25(32-9-8-31-19)26(20)44(2,3)42/h4-5,8-9,12-13,16H,6-7,10-11,14-15H2,1-3H3,(H2,33,34,35,36). The Balaban J connectivity index is 1.30. The number of Topliss-reactive ketones (excluding diaryl/α,β-unsaturated/α-hetero) is 1. The number of hydrogen-bond donors (Lipinski definition) is 2. The van der Waals surface area contributed by atoms with Gasteiger partial charge in [-0.05, 0) is 43.7 Å². The summed E-state index contributed by atoms with van der Waals surface area (Å²) in [7, 11) is -1.36. The lowest BCUT2D eigenvalue weighted by molar-refractivity contribution is -0.384. The van der Waals surface area contributed by atoms with Crippen LogP contribution in [0.3, 0.4) is 0 Å². The molecule has 44 heavy (non-hydrogen) atoms. The van der Waals surface area contributed by atoms with Gasteiger partial charge in [0.25, 0.3) is 5.69 Å². The largest absolute Gasteiger partial charge is 0.494 e. The van der Waals surface area contributed by atoms with Crippen LogP contribution in [0, 0.1) is 15.5 Å². The first-order valence-electron chi connectivity index (χ1n) is 14.0. The number of fused-ring (bicyclic) bond motifs is 1. The van der Waals surface area contributed by atoms with Crippen LogP contribution in [0.15, 0.2) is 42.9 Å². The predicted molar refractivity (Wildman–Crippen MR) is 170 cm³/mol. The van der Waals surface area contributed by atoms with Crippen molar-refractivity contribution < 1.29 is 19.0 Å². The Hall–Kier alpha value is -4.35. The van der Waals surface area contributed by atoms with E-state index in [0.29, 0.717) is 65.1 Å². The first-order chi connectivity index (χ1) is 21.0. The number of carbonyl (C=O) groups excluding carboxylic acids is 1. The van der Waals surface area contributed by atoms with Crippen molar-refractivity contribution in [2.24, 2.45) is 5.41 Å². The van der Waals surface area contributed by atoms with Crippen LogP contribution >= 0.6 is 18.7 Å². The number of rotatable bonds is 8. The number of nitro groups is 1. The molecule has 1 aliphatic heterocycles. The molecule has 0 bridgehead atoms. The van der Waals surface area contributed by atoms with Crippen molar-refractivity contribution in [2.45, 2.75) is 25.7 Å². The molecule has 1 saturated carbocycles. The van der Waals surface area contributed by atoms with Crippen LogP contribution in [0.25, 0.3) is 11.0 Å². The number of nitro benzene ring substituents is 1. The van der Waals surface area contributed by atoms with E-state index in [1.807, 2.05) is 4.90 Å². The molecule has 15 heteroatoms. The van der Waals surface area contributed by atoms with Crippen LogP contribution in [-0.4, -0.2) is 64.2 Å². The molecule has 2 aromatic heterocycles. The molecule has 2 aliphatic rings. The maximum atomic E-state index is 13.3. The fourth-order valence-corrected chi connectivity index (χ4v) is 7.55. The Morgan fingerprint density at radius 2 is 1.80 bits per heavy atom. The van der Waals surface area contributed by atoms with E-state index in [1.165, 1.54) is 19.4 Å². The van der Waals surface area contributed by atoms with Gasteiger partial charge in [-0.25, -0.2) is 4.98 Å². The van der Waals surface area contributed by atoms with Gasteiger partial charge < -0.3 is 24.8 Å². The van der Waals surface area contributed by atoms with Crippen LogP contribution in [-0.2, 0) is 9.36 Å². The minimum Gasteiger partial charge on any atom is -0.494 e. The topological polar surface area (TPSA) is 165 Å². The third-order valence-electron chi connectivity index (χ3n) is 8.20. The van der Waals surface area contributed by atoms with Crippen molar-refractivity contribution in [3.05, 3.63) is 58.0 Å². The molecule has 0 amide bonds. The second kappa shape index (κ2) is 11.3. The first-order valence-corrected chi connectivity index (χ1v) is 16.9. The summed E-state index contributed by atoms with van der Waals surface area (Å²) >= 11 is 6.46. The molecule has 0 unspecified atom stereocenters. The molecule has 4 aromatic rings. The highest BCUT2D eigenvalue weighted by Crippen LogP contribution is 2.49. The van der Waals surface area contributed by atoms with E-state index in [1.54, 1.807) is 43.9 Å². The number of ketones is 1. The molecular weight excluding hydrogens is 607 g/mol. The van der Waals surface area contributed by atoms with Crippen molar-refractivity contribution in [1.29, 1.82) is 0 Å². The molecule has 0 atom stereocenters. The molecule has 6 rings (SSSR count). The summed E-state index contributed by atoms with van der Waals surface area (Å²) in [6.45, 7) is 4.53. The number of ether oxygens (including phenoxy) is 1. The second-order valence-corrected chi connectivity index (χ2v) is 15.1. The smallest absolute Gasteiger partial charge is 0.294 e. The van der Waals surface area contributed by atoms with E-state index in [-0.39, 0.29) is 33.7 Å². The van der Waals surface area contributed by atoms with Crippen LogP contribution < -0.4 is 25.6 Å². The predicted octanol–water partition coefficient (Wildman–Crippen LogP) is 5.67. The Bertz CT molecular complexity index is 1850. The van der Waals surface area contributed by atoms with Crippen molar-refractivity contribution in [3.8, 4) is 5.75 Å². The lowest BCUT2D eigenvalue weighted by atomic mass is 9.62. The molecule has 1 aliphatic carbocycles. The normalized spacial score (nSPS) is 16.1. The number of piperidine rings is 1. The highest BCUT2D eigenvalue weighted by Gasteiger charge is 2.45. The Labute approximate surface area is 257 Å². The molecule has 3 heterocycles. The summed E-state index contributed by atoms with van der Waals surface area (Å²) in [5, 5.41) is 19.1. The Morgan fingerprint density at radius 1 is 1.07 bits per heavy atom. The number of halogens is 1. The summed E-state index contributed by atoms with van der Waals surface area (Å²) in [6, 6.07) is 6.55. The van der Waals surface area contributed by atoms with Gasteiger partial charge >= 0.3 is 0 Å². The van der Waals surface area contributed by atoms with Gasteiger partial charge in [-0.1, -0.05) is 11.6 Å². The van der Waals surface area contributed by atoms with Gasteiger partial charge in [0, 0.05) is 50.5 Å². The van der Waals surface area contributed by atoms with Gasteiger partial charge in [0.15, 0.2) is 5.82 Å². The maximum absolute atomic E-state index is 13.3. The molecule has 13 nitrogen and oxygen atoms in total. The SMILES string of the molecule is COc1cc(N2CCC3(CC2)CC(=O)C3)c([N+](=O)[O-])cc1Nc1ncc(Cl)c(Nc2ccc3nccnc3c2P(C)(C)=O)n1. The number of anilines is 5. The average molecular weight is 637 g/mol. The summed E-state index contributed by atoms with van der Waals surface area (Å²) in [4.78, 5) is 42.9. The molecule has 2 aromatic carbocycles. The zero-order valence-electron chi connectivity index (χ0n) is 24.3. The number of nitrogens with one attached hydrogen (secondary N) is 2. The molecule has 1 spiro atoms. The fraction of sp³-hybridized carbons (Fsp3) is 0.345. The second-order valence-electron chi connectivity index (χ2n) is 11.6. The third kappa shape index (κ3) is 5.65. The van der Waals surface area contributed by atoms with E-state index in [0.717, 1.165) is 12.8 Å². The molecule has 2 fully saturated rings. The Kier molecular flexibility index (Phi) is 7.63. The quantitative estimate of drug-likeness (QED) is 0.138. The van der Waals surface area contributed by atoms with Gasteiger partial charge in [-0.3, -0.25) is 24.9 Å². The molecule has 228 valence electrons. The summed E-state index contributed by atoms with van der Waals surface area (Å²) in [5.74, 6) is 0.979. The molecule has 1 saturated heterocycles. The van der Waals surface area contributed by atoms with Crippen LogP contribution in [0.4, 0.5) is 34.5 Å². The third-order valence-corrected chi connectivity index (χ3v) is 10.0. The minimum absolute atomic E-state index is 0.0395. The van der Waals surface area contributed by atoms with Gasteiger partial charge in [-0.15, -0.1) is 0 Å². The van der Waals surface area contributed by atoms with Crippen LogP contribution in [0.1, 0.15) is 25.7 Å². The first kappa shape index (κ1) is 29.7. The lowest BCUT2D eigenvalue weighted by Gasteiger charge is -2.47.